The Morgan fingerprint density at radius 1 is 1.32 bits per heavy atom. The summed E-state index contributed by atoms with van der Waals surface area (Å²) in [5.41, 5.74) is 6.96. The molecule has 1 aromatic rings. The van der Waals surface area contributed by atoms with E-state index in [0.29, 0.717) is 12.2 Å². The number of amides is 4. The summed E-state index contributed by atoms with van der Waals surface area (Å²) >= 11 is 0. The van der Waals surface area contributed by atoms with E-state index in [9.17, 15) is 14.4 Å². The number of rotatable bonds is 2. The Balaban J connectivity index is 2.03. The van der Waals surface area contributed by atoms with Crippen LogP contribution in [-0.2, 0) is 16.1 Å². The Labute approximate surface area is 109 Å². The van der Waals surface area contributed by atoms with Crippen LogP contribution in [-0.4, -0.2) is 35.8 Å². The molecular formula is C12H14N4O3. The van der Waals surface area contributed by atoms with E-state index in [2.05, 4.69) is 10.6 Å². The second-order valence-corrected chi connectivity index (χ2v) is 4.16. The fraction of sp³-hybridized carbons (Fsp3) is 0.250. The molecule has 0 radical (unpaired) electrons. The van der Waals surface area contributed by atoms with Crippen molar-refractivity contribution in [2.24, 2.45) is 5.73 Å². The average Bonchev–Trinajstić information content (AvgIpc) is 2.37. The molecule has 1 aliphatic heterocycles. The van der Waals surface area contributed by atoms with Gasteiger partial charge in [-0.1, -0.05) is 12.1 Å². The van der Waals surface area contributed by atoms with Crippen molar-refractivity contribution in [1.29, 1.82) is 0 Å². The van der Waals surface area contributed by atoms with Crippen molar-refractivity contribution >= 4 is 23.5 Å². The normalized spacial score (nSPS) is 15.1. The zero-order chi connectivity index (χ0) is 13.8. The number of anilines is 1. The lowest BCUT2D eigenvalue weighted by atomic mass is 10.2. The number of carbonyl (C=O) groups excluding carboxylic acids is 3. The van der Waals surface area contributed by atoms with Crippen LogP contribution in [0, 0.1) is 0 Å². The van der Waals surface area contributed by atoms with Crippen LogP contribution in [0.3, 0.4) is 0 Å². The number of piperazine rings is 1. The molecule has 1 aromatic carbocycles. The van der Waals surface area contributed by atoms with Crippen LogP contribution in [0.4, 0.5) is 10.5 Å². The topological polar surface area (TPSA) is 105 Å². The first-order valence-electron chi connectivity index (χ1n) is 5.76. The van der Waals surface area contributed by atoms with E-state index in [1.807, 2.05) is 6.07 Å². The van der Waals surface area contributed by atoms with Gasteiger partial charge >= 0.3 is 6.03 Å². The van der Waals surface area contributed by atoms with E-state index in [4.69, 9.17) is 5.73 Å². The summed E-state index contributed by atoms with van der Waals surface area (Å²) in [6.45, 7) is 0.108. The summed E-state index contributed by atoms with van der Waals surface area (Å²) in [7, 11) is 0. The molecule has 2 rings (SSSR count). The maximum absolute atomic E-state index is 11.9. The van der Waals surface area contributed by atoms with Crippen LogP contribution in [0.5, 0.6) is 0 Å². The molecular weight excluding hydrogens is 248 g/mol. The highest BCUT2D eigenvalue weighted by atomic mass is 16.2. The summed E-state index contributed by atoms with van der Waals surface area (Å²) in [6.07, 6.45) is 0. The number of nitrogens with zero attached hydrogens (tertiary/aromatic N) is 1. The van der Waals surface area contributed by atoms with E-state index in [-0.39, 0.29) is 13.1 Å². The molecule has 100 valence electrons. The molecule has 4 amide bonds. The quantitative estimate of drug-likeness (QED) is 0.633. The number of benzene rings is 1. The van der Waals surface area contributed by atoms with Gasteiger partial charge in [0.15, 0.2) is 0 Å². The molecule has 1 saturated heterocycles. The van der Waals surface area contributed by atoms with E-state index in [0.717, 1.165) is 10.5 Å². The van der Waals surface area contributed by atoms with Crippen molar-refractivity contribution < 1.29 is 14.4 Å². The van der Waals surface area contributed by atoms with Gasteiger partial charge in [-0.3, -0.25) is 14.9 Å². The van der Waals surface area contributed by atoms with Gasteiger partial charge < -0.3 is 16.0 Å². The molecule has 0 bridgehead atoms. The predicted octanol–water partition coefficient (Wildman–Crippen LogP) is -0.364. The summed E-state index contributed by atoms with van der Waals surface area (Å²) in [6, 6.07) is 6.57. The van der Waals surface area contributed by atoms with Gasteiger partial charge in [0.2, 0.25) is 11.8 Å². The van der Waals surface area contributed by atoms with Crippen molar-refractivity contribution in [3.05, 3.63) is 29.8 Å². The first-order valence-corrected chi connectivity index (χ1v) is 5.76. The lowest BCUT2D eigenvalue weighted by Gasteiger charge is -2.25. The number of carbonyl (C=O) groups is 3. The van der Waals surface area contributed by atoms with Gasteiger partial charge in [-0.2, -0.15) is 0 Å². The Hall–Kier alpha value is -2.41. The zero-order valence-corrected chi connectivity index (χ0v) is 10.2. The van der Waals surface area contributed by atoms with Gasteiger partial charge in [0.25, 0.3) is 0 Å². The standard InChI is InChI=1S/C12H14N4O3/c13-5-8-2-1-3-9(4-8)14-12(19)16-6-10(17)15-11(18)7-16/h1-4H,5-7,13H2,(H,14,19)(H,15,17,18). The Morgan fingerprint density at radius 2 is 2.00 bits per heavy atom. The highest BCUT2D eigenvalue weighted by Crippen LogP contribution is 2.11. The SMILES string of the molecule is NCc1cccc(NC(=O)N2CC(=O)NC(=O)C2)c1. The summed E-state index contributed by atoms with van der Waals surface area (Å²) < 4.78 is 0. The minimum atomic E-state index is -0.489. The third-order valence-electron chi connectivity index (χ3n) is 2.65. The van der Waals surface area contributed by atoms with Crippen molar-refractivity contribution in [3.8, 4) is 0 Å². The van der Waals surface area contributed by atoms with Crippen molar-refractivity contribution in [2.75, 3.05) is 18.4 Å². The molecule has 0 unspecified atom stereocenters. The number of imide groups is 1. The first kappa shape index (κ1) is 13.0. The summed E-state index contributed by atoms with van der Waals surface area (Å²) in [4.78, 5) is 35.4. The molecule has 0 atom stereocenters. The van der Waals surface area contributed by atoms with Crippen LogP contribution in [0.15, 0.2) is 24.3 Å². The molecule has 0 saturated carbocycles. The molecule has 1 fully saturated rings. The van der Waals surface area contributed by atoms with E-state index in [1.54, 1.807) is 18.2 Å². The largest absolute Gasteiger partial charge is 0.326 e. The van der Waals surface area contributed by atoms with Gasteiger partial charge in [-0.05, 0) is 17.7 Å². The molecule has 19 heavy (non-hydrogen) atoms. The number of hydrogen-bond acceptors (Lipinski definition) is 4. The Kier molecular flexibility index (Phi) is 3.76. The van der Waals surface area contributed by atoms with Crippen LogP contribution < -0.4 is 16.4 Å². The Morgan fingerprint density at radius 3 is 2.63 bits per heavy atom. The van der Waals surface area contributed by atoms with Crippen LogP contribution in [0.2, 0.25) is 0 Å². The molecule has 7 nitrogen and oxygen atoms in total. The van der Waals surface area contributed by atoms with Crippen LogP contribution in [0.1, 0.15) is 5.56 Å². The number of urea groups is 1. The minimum absolute atomic E-state index is 0.131. The van der Waals surface area contributed by atoms with Crippen molar-refractivity contribution in [1.82, 2.24) is 10.2 Å². The third-order valence-corrected chi connectivity index (χ3v) is 2.65. The van der Waals surface area contributed by atoms with Crippen LogP contribution in [0.25, 0.3) is 0 Å². The van der Waals surface area contributed by atoms with Crippen molar-refractivity contribution in [3.63, 3.8) is 0 Å². The van der Waals surface area contributed by atoms with Gasteiger partial charge in [0, 0.05) is 12.2 Å². The molecule has 0 aliphatic carbocycles. The highest BCUT2D eigenvalue weighted by Gasteiger charge is 2.26. The fourth-order valence-corrected chi connectivity index (χ4v) is 1.76. The average molecular weight is 262 g/mol. The van der Waals surface area contributed by atoms with Crippen molar-refractivity contribution in [2.45, 2.75) is 6.54 Å². The van der Waals surface area contributed by atoms with Gasteiger partial charge in [-0.15, -0.1) is 0 Å². The monoisotopic (exact) mass is 262 g/mol. The Bertz CT molecular complexity index is 513. The molecule has 4 N–H and O–H groups in total. The lowest BCUT2D eigenvalue weighted by molar-refractivity contribution is -0.134. The second kappa shape index (κ2) is 5.49. The summed E-state index contributed by atoms with van der Waals surface area (Å²) in [5.74, 6) is -0.968. The lowest BCUT2D eigenvalue weighted by Crippen LogP contribution is -2.54. The molecule has 7 heteroatoms. The maximum atomic E-state index is 11.9. The van der Waals surface area contributed by atoms with Gasteiger partial charge in [-0.25, -0.2) is 4.79 Å². The van der Waals surface area contributed by atoms with E-state index in [1.165, 1.54) is 0 Å². The highest BCUT2D eigenvalue weighted by molar-refractivity contribution is 6.04. The molecule has 1 heterocycles. The molecule has 1 aliphatic rings. The van der Waals surface area contributed by atoms with Gasteiger partial charge in [0.05, 0.1) is 0 Å². The minimum Gasteiger partial charge on any atom is -0.326 e. The van der Waals surface area contributed by atoms with E-state index >= 15 is 0 Å². The predicted molar refractivity (Wildman–Crippen MR) is 68.1 cm³/mol. The summed E-state index contributed by atoms with van der Waals surface area (Å²) in [5, 5.41) is 4.76. The smallest absolute Gasteiger partial charge is 0.322 e. The number of nitrogens with two attached hydrogens (primary N) is 1. The second-order valence-electron chi connectivity index (χ2n) is 4.16. The fourth-order valence-electron chi connectivity index (χ4n) is 1.76. The molecule has 0 aromatic heterocycles. The third kappa shape index (κ3) is 3.29. The maximum Gasteiger partial charge on any atom is 0.322 e. The van der Waals surface area contributed by atoms with Gasteiger partial charge in [0.1, 0.15) is 13.1 Å². The van der Waals surface area contributed by atoms with Crippen LogP contribution >= 0.6 is 0 Å². The first-order chi connectivity index (χ1) is 9.08. The zero-order valence-electron chi connectivity index (χ0n) is 10.2. The number of nitrogens with one attached hydrogen (secondary N) is 2. The number of hydrogen-bond donors (Lipinski definition) is 3. The molecule has 0 spiro atoms. The van der Waals surface area contributed by atoms with E-state index < -0.39 is 17.8 Å².